The highest BCUT2D eigenvalue weighted by Crippen LogP contribution is 2.05. The van der Waals surface area contributed by atoms with Crippen LogP contribution in [0.15, 0.2) is 17.3 Å². The zero-order valence-corrected chi connectivity index (χ0v) is 9.81. The van der Waals surface area contributed by atoms with Gasteiger partial charge < -0.3 is 5.73 Å². The second kappa shape index (κ2) is 5.29. The van der Waals surface area contributed by atoms with Gasteiger partial charge in [-0.15, -0.1) is 0 Å². The molecule has 15 heavy (non-hydrogen) atoms. The van der Waals surface area contributed by atoms with E-state index in [1.54, 1.807) is 11.8 Å². The number of nitrogens with one attached hydrogen (secondary N) is 1. The Bertz CT molecular complexity index is 404. The Labute approximate surface area is 92.7 Å². The van der Waals surface area contributed by atoms with E-state index >= 15 is 0 Å². The van der Waals surface area contributed by atoms with Crippen molar-refractivity contribution in [1.29, 1.82) is 0 Å². The van der Waals surface area contributed by atoms with Gasteiger partial charge in [0.25, 0.3) is 0 Å². The van der Waals surface area contributed by atoms with E-state index in [2.05, 4.69) is 14.7 Å². The molecule has 1 aromatic rings. The highest BCUT2D eigenvalue weighted by Gasteiger charge is 2.13. The number of aromatic nitrogens is 2. The third kappa shape index (κ3) is 3.65. The first-order valence-corrected chi connectivity index (χ1v) is 7.00. The quantitative estimate of drug-likeness (QED) is 0.694. The summed E-state index contributed by atoms with van der Waals surface area (Å²) in [5.41, 5.74) is 5.25. The molecule has 0 atom stereocenters. The lowest BCUT2D eigenvalue weighted by molar-refractivity contribution is 0.583. The van der Waals surface area contributed by atoms with E-state index in [1.807, 2.05) is 6.26 Å². The zero-order valence-electron chi connectivity index (χ0n) is 8.17. The average molecular weight is 248 g/mol. The Kier molecular flexibility index (Phi) is 4.30. The topological polar surface area (TPSA) is 98.0 Å². The van der Waals surface area contributed by atoms with Crippen LogP contribution in [0.1, 0.15) is 0 Å². The largest absolute Gasteiger partial charge is 0.368 e. The van der Waals surface area contributed by atoms with Crippen LogP contribution in [0.2, 0.25) is 0 Å². The molecule has 0 saturated carbocycles. The maximum Gasteiger partial charge on any atom is 0.243 e. The first-order chi connectivity index (χ1) is 7.06. The van der Waals surface area contributed by atoms with Crippen LogP contribution in [0, 0.1) is 0 Å². The van der Waals surface area contributed by atoms with Gasteiger partial charge in [-0.3, -0.25) is 0 Å². The number of anilines is 1. The summed E-state index contributed by atoms with van der Waals surface area (Å²) >= 11 is 1.56. The number of hydrogen-bond donors (Lipinski definition) is 2. The number of nitrogens with two attached hydrogens (primary N) is 1. The van der Waals surface area contributed by atoms with E-state index in [-0.39, 0.29) is 10.8 Å². The molecule has 1 heterocycles. The first-order valence-electron chi connectivity index (χ1n) is 4.12. The fraction of sp³-hybridized carbons (Fsp3) is 0.429. The second-order valence-corrected chi connectivity index (χ2v) is 5.42. The minimum Gasteiger partial charge on any atom is -0.368 e. The maximum absolute atomic E-state index is 11.6. The van der Waals surface area contributed by atoms with Gasteiger partial charge >= 0.3 is 0 Å². The Balaban J connectivity index is 2.73. The molecule has 0 spiro atoms. The molecule has 0 unspecified atom stereocenters. The predicted octanol–water partition coefficient (Wildman–Crippen LogP) is -0.300. The van der Waals surface area contributed by atoms with E-state index in [4.69, 9.17) is 5.73 Å². The third-order valence-electron chi connectivity index (χ3n) is 1.56. The molecule has 0 fully saturated rings. The number of nitrogen functional groups attached to an aromatic ring is 1. The van der Waals surface area contributed by atoms with Crippen molar-refractivity contribution < 1.29 is 8.42 Å². The summed E-state index contributed by atoms with van der Waals surface area (Å²) in [7, 11) is -3.49. The van der Waals surface area contributed by atoms with Gasteiger partial charge in [0.1, 0.15) is 4.90 Å². The van der Waals surface area contributed by atoms with Gasteiger partial charge in [-0.25, -0.2) is 23.1 Å². The van der Waals surface area contributed by atoms with Crippen LogP contribution >= 0.6 is 11.8 Å². The van der Waals surface area contributed by atoms with Gasteiger partial charge in [-0.1, -0.05) is 0 Å². The molecule has 84 valence electrons. The Hall–Kier alpha value is -0.860. The molecule has 0 aliphatic rings. The molecule has 3 N–H and O–H groups in total. The molecule has 0 aromatic carbocycles. The van der Waals surface area contributed by atoms with Crippen molar-refractivity contribution in [2.75, 3.05) is 24.3 Å². The van der Waals surface area contributed by atoms with Crippen LogP contribution in [0.5, 0.6) is 0 Å². The zero-order chi connectivity index (χ0) is 11.3. The fourth-order valence-electron chi connectivity index (χ4n) is 0.826. The monoisotopic (exact) mass is 248 g/mol. The highest BCUT2D eigenvalue weighted by molar-refractivity contribution is 7.98. The normalized spacial score (nSPS) is 11.5. The lowest BCUT2D eigenvalue weighted by atomic mass is 10.7. The van der Waals surface area contributed by atoms with Gasteiger partial charge in [-0.2, -0.15) is 11.8 Å². The number of rotatable bonds is 5. The number of hydrogen-bond acceptors (Lipinski definition) is 6. The third-order valence-corrected chi connectivity index (χ3v) is 3.58. The summed E-state index contributed by atoms with van der Waals surface area (Å²) in [6.45, 7) is 0.383. The van der Waals surface area contributed by atoms with Crippen LogP contribution in [0.4, 0.5) is 5.95 Å². The van der Waals surface area contributed by atoms with Gasteiger partial charge in [0.2, 0.25) is 16.0 Å². The van der Waals surface area contributed by atoms with Crippen molar-refractivity contribution in [3.63, 3.8) is 0 Å². The molecule has 0 amide bonds. The Morgan fingerprint density at radius 2 is 2.07 bits per heavy atom. The Morgan fingerprint density at radius 3 is 2.60 bits per heavy atom. The van der Waals surface area contributed by atoms with E-state index < -0.39 is 10.0 Å². The number of sulfonamides is 1. The summed E-state index contributed by atoms with van der Waals surface area (Å²) < 4.78 is 25.6. The average Bonchev–Trinajstić information content (AvgIpc) is 2.18. The molecule has 0 saturated heterocycles. The molecule has 0 aliphatic heterocycles. The fourth-order valence-corrected chi connectivity index (χ4v) is 2.18. The number of nitrogens with zero attached hydrogens (tertiary/aromatic N) is 2. The summed E-state index contributed by atoms with van der Waals surface area (Å²) in [6.07, 6.45) is 4.27. The van der Waals surface area contributed by atoms with Crippen LogP contribution in [0.3, 0.4) is 0 Å². The minimum atomic E-state index is -3.49. The van der Waals surface area contributed by atoms with Crippen molar-refractivity contribution in [2.24, 2.45) is 0 Å². The Morgan fingerprint density at radius 1 is 1.47 bits per heavy atom. The van der Waals surface area contributed by atoms with Crippen LogP contribution < -0.4 is 10.5 Å². The summed E-state index contributed by atoms with van der Waals surface area (Å²) in [4.78, 5) is 7.26. The standard InChI is InChI=1S/C7H12N4O2S2/c1-14-3-2-11-15(12,13)6-4-9-7(8)10-5-6/h4-5,11H,2-3H2,1H3,(H2,8,9,10). The van der Waals surface area contributed by atoms with E-state index in [1.165, 1.54) is 12.4 Å². The first kappa shape index (κ1) is 12.2. The molecule has 0 bridgehead atoms. The molecule has 6 nitrogen and oxygen atoms in total. The van der Waals surface area contributed by atoms with Crippen molar-refractivity contribution in [2.45, 2.75) is 4.90 Å². The minimum absolute atomic E-state index is 0.0257. The van der Waals surface area contributed by atoms with Crippen LogP contribution in [-0.2, 0) is 10.0 Å². The van der Waals surface area contributed by atoms with Gasteiger partial charge in [0.05, 0.1) is 12.4 Å². The van der Waals surface area contributed by atoms with Gasteiger partial charge in [0.15, 0.2) is 0 Å². The number of thioether (sulfide) groups is 1. The summed E-state index contributed by atoms with van der Waals surface area (Å²) in [6, 6.07) is 0. The van der Waals surface area contributed by atoms with E-state index in [0.717, 1.165) is 5.75 Å². The van der Waals surface area contributed by atoms with Crippen molar-refractivity contribution in [3.05, 3.63) is 12.4 Å². The van der Waals surface area contributed by atoms with E-state index in [9.17, 15) is 8.42 Å². The highest BCUT2D eigenvalue weighted by atomic mass is 32.2. The molecule has 0 radical (unpaired) electrons. The molecule has 0 aliphatic carbocycles. The van der Waals surface area contributed by atoms with E-state index in [0.29, 0.717) is 6.54 Å². The van der Waals surface area contributed by atoms with Gasteiger partial charge in [0, 0.05) is 12.3 Å². The molecule has 8 heteroatoms. The van der Waals surface area contributed by atoms with Crippen LogP contribution in [-0.4, -0.2) is 36.9 Å². The molecule has 1 rings (SSSR count). The molecular weight excluding hydrogens is 236 g/mol. The predicted molar refractivity (Wildman–Crippen MR) is 60.0 cm³/mol. The summed E-state index contributed by atoms with van der Waals surface area (Å²) in [5, 5.41) is 0. The lowest BCUT2D eigenvalue weighted by Gasteiger charge is -2.04. The van der Waals surface area contributed by atoms with Crippen molar-refractivity contribution in [3.8, 4) is 0 Å². The van der Waals surface area contributed by atoms with Crippen LogP contribution in [0.25, 0.3) is 0 Å². The molecular formula is C7H12N4O2S2. The second-order valence-electron chi connectivity index (χ2n) is 2.67. The van der Waals surface area contributed by atoms with Gasteiger partial charge in [-0.05, 0) is 6.26 Å². The summed E-state index contributed by atoms with van der Waals surface area (Å²) in [5.74, 6) is 0.771. The van der Waals surface area contributed by atoms with Crippen molar-refractivity contribution in [1.82, 2.24) is 14.7 Å². The molecule has 1 aromatic heterocycles. The SMILES string of the molecule is CSCCNS(=O)(=O)c1cnc(N)nc1. The lowest BCUT2D eigenvalue weighted by Crippen LogP contribution is -2.26. The smallest absolute Gasteiger partial charge is 0.243 e. The van der Waals surface area contributed by atoms with Crippen molar-refractivity contribution >= 4 is 27.7 Å². The maximum atomic E-state index is 11.6.